The van der Waals surface area contributed by atoms with E-state index in [2.05, 4.69) is 81.2 Å². The second kappa shape index (κ2) is 11.4. The molecule has 0 aliphatic carbocycles. The third kappa shape index (κ3) is 5.50. The van der Waals surface area contributed by atoms with E-state index in [1.807, 2.05) is 30.3 Å². The number of para-hydroxylation sites is 1. The lowest BCUT2D eigenvalue weighted by Crippen LogP contribution is -2.61. The van der Waals surface area contributed by atoms with Gasteiger partial charge in [0.1, 0.15) is 18.1 Å². The fourth-order valence-corrected chi connectivity index (χ4v) is 7.94. The Morgan fingerprint density at radius 3 is 2.45 bits per heavy atom. The highest BCUT2D eigenvalue weighted by Gasteiger charge is 2.57. The van der Waals surface area contributed by atoms with Gasteiger partial charge in [0.25, 0.3) is 0 Å². The van der Waals surface area contributed by atoms with E-state index in [0.717, 1.165) is 34.5 Å². The molecule has 3 atom stereocenters. The molecule has 3 aromatic rings. The Morgan fingerprint density at radius 1 is 1.00 bits per heavy atom. The number of fused-ring (bicyclic) bond motifs is 7. The van der Waals surface area contributed by atoms with E-state index in [-0.39, 0.29) is 17.0 Å². The van der Waals surface area contributed by atoms with Crippen LogP contribution in [0.15, 0.2) is 77.8 Å². The van der Waals surface area contributed by atoms with Gasteiger partial charge in [0.15, 0.2) is 13.5 Å². The van der Waals surface area contributed by atoms with E-state index in [1.54, 1.807) is 18.9 Å². The molecule has 3 aromatic carbocycles. The number of thioether (sulfide) groups is 1. The lowest BCUT2D eigenvalue weighted by molar-refractivity contribution is -0.117. The number of rotatable bonds is 8. The highest BCUT2D eigenvalue weighted by atomic mass is 32.2. The molecule has 3 aliphatic heterocycles. The van der Waals surface area contributed by atoms with Crippen molar-refractivity contribution in [2.75, 3.05) is 20.3 Å². The fraction of sp³-hybridized carbons (Fsp3) is 0.441. The van der Waals surface area contributed by atoms with E-state index in [0.29, 0.717) is 19.8 Å². The quantitative estimate of drug-likeness (QED) is 0.245. The Labute approximate surface area is 255 Å². The van der Waals surface area contributed by atoms with Crippen molar-refractivity contribution in [1.82, 2.24) is 4.90 Å². The maximum Gasteiger partial charge on any atom is 0.233 e. The van der Waals surface area contributed by atoms with Crippen LogP contribution in [0.5, 0.6) is 11.5 Å². The van der Waals surface area contributed by atoms with Gasteiger partial charge in [0.05, 0.1) is 25.7 Å². The second-order valence-corrected chi connectivity index (χ2v) is 18.8. The van der Waals surface area contributed by atoms with Crippen molar-refractivity contribution in [2.45, 2.75) is 69.6 Å². The number of ether oxygens (including phenoxy) is 3. The molecule has 6 nitrogen and oxygen atoms in total. The molecule has 6 rings (SSSR count). The first-order chi connectivity index (χ1) is 20.1. The standard InChI is InChI=1S/C34H42N2O4SSi/c1-33(2,3)42(5,6)39-21-29-31-28-13-9-10-14-30(28)40-34(29,23-38-20-24-15-17-27(37-4)18-16-24)35-32-36(31)19-25-11-7-8-12-26(25)22-41-32/h7-18,29,31H,19-23H2,1-6H3/t29-,31-,34?/m1/s1. The molecular formula is C34H42N2O4SSi. The minimum atomic E-state index is -2.05. The molecule has 0 saturated heterocycles. The van der Waals surface area contributed by atoms with Crippen molar-refractivity contribution in [3.8, 4) is 11.5 Å². The molecule has 0 amide bonds. The summed E-state index contributed by atoms with van der Waals surface area (Å²) in [7, 11) is -0.364. The molecule has 0 N–H and O–H groups in total. The third-order valence-corrected chi connectivity index (χ3v) is 14.9. The number of benzene rings is 3. The molecule has 1 unspecified atom stereocenters. The average Bonchev–Trinajstić information content (AvgIpc) is 3.15. The molecule has 3 heterocycles. The lowest BCUT2D eigenvalue weighted by Gasteiger charge is -2.54. The zero-order valence-electron chi connectivity index (χ0n) is 25.6. The van der Waals surface area contributed by atoms with Crippen LogP contribution in [0.4, 0.5) is 0 Å². The van der Waals surface area contributed by atoms with Crippen LogP contribution in [0.1, 0.15) is 49.1 Å². The SMILES string of the molecule is COc1ccc(COCC23N=C4SCc5ccccc5CN4[C@H](c4ccccc4O2)[C@H]3CO[Si](C)(C)C(C)(C)C)cc1. The third-order valence-electron chi connectivity index (χ3n) is 9.33. The molecule has 2 bridgehead atoms. The predicted octanol–water partition coefficient (Wildman–Crippen LogP) is 7.80. The lowest BCUT2D eigenvalue weighted by atomic mass is 9.80. The van der Waals surface area contributed by atoms with E-state index in [4.69, 9.17) is 23.6 Å². The van der Waals surface area contributed by atoms with E-state index in [9.17, 15) is 0 Å². The van der Waals surface area contributed by atoms with Crippen LogP contribution in [0.3, 0.4) is 0 Å². The van der Waals surface area contributed by atoms with Gasteiger partial charge in [-0.05, 0) is 53.0 Å². The van der Waals surface area contributed by atoms with Crippen LogP contribution in [0.2, 0.25) is 18.1 Å². The number of hydrogen-bond acceptors (Lipinski definition) is 7. The van der Waals surface area contributed by atoms with Gasteiger partial charge in [-0.25, -0.2) is 4.99 Å². The van der Waals surface area contributed by atoms with Crippen LogP contribution >= 0.6 is 11.8 Å². The van der Waals surface area contributed by atoms with Gasteiger partial charge >= 0.3 is 0 Å². The Bertz CT molecular complexity index is 1450. The first-order valence-electron chi connectivity index (χ1n) is 14.8. The highest BCUT2D eigenvalue weighted by Crippen LogP contribution is 2.53. The second-order valence-electron chi connectivity index (χ2n) is 13.0. The van der Waals surface area contributed by atoms with Crippen LogP contribution in [0.25, 0.3) is 0 Å². The van der Waals surface area contributed by atoms with Crippen LogP contribution in [-0.4, -0.2) is 44.4 Å². The van der Waals surface area contributed by atoms with Crippen LogP contribution in [0, 0.1) is 5.92 Å². The minimum Gasteiger partial charge on any atom is -0.497 e. The maximum absolute atomic E-state index is 6.97. The van der Waals surface area contributed by atoms with Gasteiger partial charge in [-0.3, -0.25) is 0 Å². The number of hydrogen-bond donors (Lipinski definition) is 0. The summed E-state index contributed by atoms with van der Waals surface area (Å²) in [6, 6.07) is 25.3. The van der Waals surface area contributed by atoms with Crippen molar-refractivity contribution in [1.29, 1.82) is 0 Å². The molecule has 0 saturated carbocycles. The van der Waals surface area contributed by atoms with Crippen LogP contribution in [-0.2, 0) is 28.1 Å². The summed E-state index contributed by atoms with van der Waals surface area (Å²) < 4.78 is 25.7. The molecule has 0 radical (unpaired) electrons. The largest absolute Gasteiger partial charge is 0.497 e. The molecule has 0 aromatic heterocycles. The molecule has 8 heteroatoms. The zero-order chi connectivity index (χ0) is 29.5. The van der Waals surface area contributed by atoms with Gasteiger partial charge in [-0.15, -0.1) is 0 Å². The molecule has 0 fully saturated rings. The summed E-state index contributed by atoms with van der Waals surface area (Å²) in [5.41, 5.74) is 4.09. The summed E-state index contributed by atoms with van der Waals surface area (Å²) in [6.45, 7) is 13.7. The zero-order valence-corrected chi connectivity index (χ0v) is 27.4. The molecule has 0 spiro atoms. The van der Waals surface area contributed by atoms with Gasteiger partial charge in [-0.1, -0.05) is 87.1 Å². The number of aliphatic imine (C=N–C) groups is 1. The van der Waals surface area contributed by atoms with Crippen LogP contribution < -0.4 is 9.47 Å². The number of amidine groups is 1. The number of methoxy groups -OCH3 is 1. The smallest absolute Gasteiger partial charge is 0.233 e. The molecule has 222 valence electrons. The van der Waals surface area contributed by atoms with E-state index in [1.165, 1.54) is 16.7 Å². The van der Waals surface area contributed by atoms with Crippen molar-refractivity contribution in [3.05, 3.63) is 95.1 Å². The maximum atomic E-state index is 6.97. The summed E-state index contributed by atoms with van der Waals surface area (Å²) in [5, 5.41) is 1.11. The predicted molar refractivity (Wildman–Crippen MR) is 173 cm³/mol. The first kappa shape index (κ1) is 29.3. The Kier molecular flexibility index (Phi) is 7.93. The monoisotopic (exact) mass is 602 g/mol. The highest BCUT2D eigenvalue weighted by molar-refractivity contribution is 8.13. The summed E-state index contributed by atoms with van der Waals surface area (Å²) >= 11 is 1.80. The Hall–Kier alpha value is -2.78. The van der Waals surface area contributed by atoms with Crippen molar-refractivity contribution in [3.63, 3.8) is 0 Å². The van der Waals surface area contributed by atoms with Gasteiger partial charge < -0.3 is 23.5 Å². The van der Waals surface area contributed by atoms with Gasteiger partial charge in [-0.2, -0.15) is 0 Å². The topological polar surface area (TPSA) is 52.5 Å². The Balaban J connectivity index is 1.39. The fourth-order valence-electron chi connectivity index (χ4n) is 5.78. The minimum absolute atomic E-state index is 0.0491. The van der Waals surface area contributed by atoms with Gasteiger partial charge in [0.2, 0.25) is 5.72 Å². The summed E-state index contributed by atoms with van der Waals surface area (Å²) in [5.74, 6) is 2.55. The van der Waals surface area contributed by atoms with Gasteiger partial charge in [0, 0.05) is 24.5 Å². The van der Waals surface area contributed by atoms with E-state index < -0.39 is 14.0 Å². The molecule has 3 aliphatic rings. The molecular weight excluding hydrogens is 561 g/mol. The summed E-state index contributed by atoms with van der Waals surface area (Å²) in [6.07, 6.45) is 0. The Morgan fingerprint density at radius 2 is 1.71 bits per heavy atom. The van der Waals surface area contributed by atoms with Crippen molar-refractivity contribution in [2.24, 2.45) is 10.9 Å². The first-order valence-corrected chi connectivity index (χ1v) is 18.7. The molecule has 42 heavy (non-hydrogen) atoms. The average molecular weight is 603 g/mol. The van der Waals surface area contributed by atoms with Crippen molar-refractivity contribution < 1.29 is 18.6 Å². The van der Waals surface area contributed by atoms with Crippen molar-refractivity contribution >= 4 is 25.2 Å². The normalized spacial score (nSPS) is 23.1. The number of nitrogens with zero attached hydrogens (tertiary/aromatic N) is 2. The summed E-state index contributed by atoms with van der Waals surface area (Å²) in [4.78, 5) is 7.97. The van der Waals surface area contributed by atoms with E-state index >= 15 is 0 Å².